The molecule has 0 aliphatic rings. The Morgan fingerprint density at radius 2 is 1.00 bits per heavy atom. The summed E-state index contributed by atoms with van der Waals surface area (Å²) in [5.41, 5.74) is 0. The summed E-state index contributed by atoms with van der Waals surface area (Å²) in [4.78, 5) is 10.3. The summed E-state index contributed by atoms with van der Waals surface area (Å²) < 4.78 is 0. The van der Waals surface area contributed by atoms with Gasteiger partial charge in [0.25, 0.3) is 0 Å². The van der Waals surface area contributed by atoms with Crippen LogP contribution in [0.15, 0.2) is 0 Å². The summed E-state index contributed by atoms with van der Waals surface area (Å²) in [6, 6.07) is 0. The van der Waals surface area contributed by atoms with Gasteiger partial charge >= 0.3 is 5.97 Å². The van der Waals surface area contributed by atoms with Crippen LogP contribution in [-0.4, -0.2) is 38.4 Å². The Labute approximate surface area is 139 Å². The van der Waals surface area contributed by atoms with Crippen LogP contribution >= 0.6 is 0 Å². The van der Waals surface area contributed by atoms with E-state index < -0.39 is 5.97 Å². The van der Waals surface area contributed by atoms with Crippen molar-refractivity contribution in [2.75, 3.05) is 0 Å². The zero-order valence-corrected chi connectivity index (χ0v) is 16.6. The molecule has 0 saturated carbocycles. The molecule has 0 spiro atoms. The first-order valence-corrected chi connectivity index (χ1v) is 7.99. The van der Waals surface area contributed by atoms with Crippen LogP contribution in [0.2, 0.25) is 0 Å². The fraction of sp³-hybridized carbons (Fsp3) is 0.938. The van der Waals surface area contributed by atoms with Crippen LogP contribution < -0.4 is 0 Å². The minimum absolute atomic E-state index is 0. The molecule has 4 radical (unpaired) electrons. The molecule has 1 N–H and O–H groups in total. The number of unbranched alkanes of at least 4 members (excludes halogenated alkanes) is 12. The predicted molar refractivity (Wildman–Crippen MR) is 83.7 cm³/mol. The summed E-state index contributed by atoms with van der Waals surface area (Å²) in [7, 11) is 0. The Balaban J connectivity index is 0. The molecule has 0 aliphatic heterocycles. The monoisotopic (exact) mass is 464 g/mol. The molecule has 0 amide bonds. The summed E-state index contributed by atoms with van der Waals surface area (Å²) in [5, 5.41) is 8.49. The molecular formula is C16H32O2Pb. The Bertz CT molecular complexity index is 184. The summed E-state index contributed by atoms with van der Waals surface area (Å²) in [6.45, 7) is 2.26. The molecule has 0 aromatic rings. The van der Waals surface area contributed by atoms with Crippen LogP contribution in [0.3, 0.4) is 0 Å². The predicted octanol–water partition coefficient (Wildman–Crippen LogP) is 5.17. The van der Waals surface area contributed by atoms with Crippen molar-refractivity contribution in [3.05, 3.63) is 0 Å². The minimum atomic E-state index is -0.655. The quantitative estimate of drug-likeness (QED) is 0.285. The Hall–Kier alpha value is 0.392. The van der Waals surface area contributed by atoms with Gasteiger partial charge in [-0.3, -0.25) is 4.79 Å². The van der Waals surface area contributed by atoms with Gasteiger partial charge in [-0.2, -0.15) is 0 Å². The van der Waals surface area contributed by atoms with E-state index in [1.165, 1.54) is 70.6 Å². The van der Waals surface area contributed by atoms with Gasteiger partial charge in [-0.25, -0.2) is 0 Å². The number of carboxylic acids is 1. The third kappa shape index (κ3) is 20.9. The summed E-state index contributed by atoms with van der Waals surface area (Å²) in [6.07, 6.45) is 17.3. The van der Waals surface area contributed by atoms with Gasteiger partial charge in [-0.05, 0) is 6.42 Å². The number of hydrogen-bond acceptors (Lipinski definition) is 1. The van der Waals surface area contributed by atoms with Crippen LogP contribution in [0.5, 0.6) is 0 Å². The van der Waals surface area contributed by atoms with Crippen LogP contribution in [0.25, 0.3) is 0 Å². The molecule has 0 aromatic carbocycles. The fourth-order valence-corrected chi connectivity index (χ4v) is 2.29. The van der Waals surface area contributed by atoms with E-state index in [-0.39, 0.29) is 27.3 Å². The second-order valence-electron chi connectivity index (χ2n) is 5.39. The van der Waals surface area contributed by atoms with E-state index in [0.717, 1.165) is 12.8 Å². The van der Waals surface area contributed by atoms with Gasteiger partial charge in [0.15, 0.2) is 0 Å². The molecule has 112 valence electrons. The van der Waals surface area contributed by atoms with Crippen LogP contribution in [-0.2, 0) is 4.79 Å². The van der Waals surface area contributed by atoms with E-state index in [2.05, 4.69) is 6.92 Å². The van der Waals surface area contributed by atoms with Crippen molar-refractivity contribution in [3.8, 4) is 0 Å². The van der Waals surface area contributed by atoms with E-state index in [4.69, 9.17) is 5.11 Å². The molecule has 0 aliphatic carbocycles. The molecule has 19 heavy (non-hydrogen) atoms. The summed E-state index contributed by atoms with van der Waals surface area (Å²) in [5.74, 6) is -0.655. The standard InChI is InChI=1S/C16H32O2.Pb/c1-2-3-4-5-6-7-8-9-10-11-12-13-14-15-16(17)18;/h2-15H2,1H3,(H,17,18);. The van der Waals surface area contributed by atoms with Crippen molar-refractivity contribution in [2.45, 2.75) is 96.8 Å². The Kier molecular flexibility index (Phi) is 21.0. The maximum absolute atomic E-state index is 10.3. The second-order valence-corrected chi connectivity index (χ2v) is 5.39. The number of carbonyl (C=O) groups is 1. The largest absolute Gasteiger partial charge is 0.481 e. The molecule has 3 heteroatoms. The van der Waals surface area contributed by atoms with Crippen molar-refractivity contribution in [1.29, 1.82) is 0 Å². The normalized spacial score (nSPS) is 10.2. The molecule has 0 heterocycles. The maximum Gasteiger partial charge on any atom is 0.303 e. The Morgan fingerprint density at radius 1 is 0.684 bits per heavy atom. The third-order valence-electron chi connectivity index (χ3n) is 3.49. The average Bonchev–Trinajstić information content (AvgIpc) is 2.34. The molecule has 0 saturated heterocycles. The molecule has 0 atom stereocenters. The van der Waals surface area contributed by atoms with E-state index in [1.807, 2.05) is 0 Å². The zero-order chi connectivity index (χ0) is 13.5. The summed E-state index contributed by atoms with van der Waals surface area (Å²) >= 11 is 0. The maximum atomic E-state index is 10.3. The van der Waals surface area contributed by atoms with Gasteiger partial charge in [-0.1, -0.05) is 84.0 Å². The van der Waals surface area contributed by atoms with Gasteiger partial charge in [0.1, 0.15) is 0 Å². The van der Waals surface area contributed by atoms with Crippen LogP contribution in [0, 0.1) is 0 Å². The number of hydrogen-bond donors (Lipinski definition) is 1. The van der Waals surface area contributed by atoms with Gasteiger partial charge in [0.05, 0.1) is 0 Å². The third-order valence-corrected chi connectivity index (χ3v) is 3.49. The van der Waals surface area contributed by atoms with Crippen LogP contribution in [0.4, 0.5) is 0 Å². The minimum Gasteiger partial charge on any atom is -0.481 e. The van der Waals surface area contributed by atoms with E-state index in [1.54, 1.807) is 0 Å². The fourth-order valence-electron chi connectivity index (χ4n) is 2.29. The molecule has 0 unspecified atom stereocenters. The SMILES string of the molecule is CCCCCCCCCCCCCCCC(=O)O.[Pb]. The van der Waals surface area contributed by atoms with Gasteiger partial charge < -0.3 is 5.11 Å². The van der Waals surface area contributed by atoms with Gasteiger partial charge in [0, 0.05) is 33.7 Å². The molecule has 0 rings (SSSR count). The van der Waals surface area contributed by atoms with Crippen LogP contribution in [0.1, 0.15) is 96.8 Å². The van der Waals surface area contributed by atoms with E-state index >= 15 is 0 Å². The van der Waals surface area contributed by atoms with Gasteiger partial charge in [0.2, 0.25) is 0 Å². The second kappa shape index (κ2) is 18.4. The first-order valence-electron chi connectivity index (χ1n) is 7.99. The number of carboxylic acid groups (broad SMARTS) is 1. The van der Waals surface area contributed by atoms with Crippen molar-refractivity contribution in [1.82, 2.24) is 0 Å². The van der Waals surface area contributed by atoms with Crippen molar-refractivity contribution >= 4 is 33.3 Å². The smallest absolute Gasteiger partial charge is 0.303 e. The molecular weight excluding hydrogens is 431 g/mol. The van der Waals surface area contributed by atoms with E-state index in [0.29, 0.717) is 6.42 Å². The van der Waals surface area contributed by atoms with Crippen molar-refractivity contribution in [2.24, 2.45) is 0 Å². The van der Waals surface area contributed by atoms with E-state index in [9.17, 15) is 4.79 Å². The molecule has 0 aromatic heterocycles. The molecule has 0 bridgehead atoms. The van der Waals surface area contributed by atoms with Crippen molar-refractivity contribution in [3.63, 3.8) is 0 Å². The Morgan fingerprint density at radius 3 is 1.32 bits per heavy atom. The zero-order valence-electron chi connectivity index (χ0n) is 12.8. The first kappa shape index (κ1) is 21.7. The molecule has 2 nitrogen and oxygen atoms in total. The number of rotatable bonds is 14. The topological polar surface area (TPSA) is 37.3 Å². The number of aliphatic carboxylic acids is 1. The molecule has 0 fully saturated rings. The first-order chi connectivity index (χ1) is 8.77. The van der Waals surface area contributed by atoms with Gasteiger partial charge in [-0.15, -0.1) is 0 Å². The average molecular weight is 464 g/mol. The van der Waals surface area contributed by atoms with Crippen molar-refractivity contribution < 1.29 is 9.90 Å².